The Hall–Kier alpha value is -1.53. The molecular weight excluding hydrogens is 234 g/mol. The van der Waals surface area contributed by atoms with E-state index in [9.17, 15) is 23.8 Å². The molecule has 0 aromatic heterocycles. The zero-order valence-corrected chi connectivity index (χ0v) is 9.06. The molecule has 2 unspecified atom stereocenters. The lowest BCUT2D eigenvalue weighted by Gasteiger charge is -2.17. The summed E-state index contributed by atoms with van der Waals surface area (Å²) in [4.78, 5) is 11.1. The van der Waals surface area contributed by atoms with E-state index in [4.69, 9.17) is 0 Å². The summed E-state index contributed by atoms with van der Waals surface area (Å²) in [6, 6.07) is 2.37. The first kappa shape index (κ1) is 13.5. The third-order valence-electron chi connectivity index (χ3n) is 2.10. The van der Waals surface area contributed by atoms with Gasteiger partial charge in [0.1, 0.15) is 17.7 Å². The summed E-state index contributed by atoms with van der Waals surface area (Å²) >= 11 is 0. The van der Waals surface area contributed by atoms with Crippen LogP contribution in [-0.2, 0) is 9.53 Å². The third-order valence-corrected chi connectivity index (χ3v) is 2.10. The predicted octanol–water partition coefficient (Wildman–Crippen LogP) is 0.922. The second-order valence-corrected chi connectivity index (χ2v) is 3.31. The molecule has 17 heavy (non-hydrogen) atoms. The summed E-state index contributed by atoms with van der Waals surface area (Å²) in [6.45, 7) is 1.52. The van der Waals surface area contributed by atoms with Crippen LogP contribution in [-0.4, -0.2) is 28.9 Å². The van der Waals surface area contributed by atoms with Crippen molar-refractivity contribution in [2.45, 2.75) is 19.1 Å². The van der Waals surface area contributed by atoms with Gasteiger partial charge in [0.25, 0.3) is 0 Å². The van der Waals surface area contributed by atoms with Crippen LogP contribution in [0.5, 0.6) is 0 Å². The fraction of sp³-hybridized carbons (Fsp3) is 0.364. The minimum absolute atomic E-state index is 0.00818. The highest BCUT2D eigenvalue weighted by molar-refractivity contribution is 5.75. The van der Waals surface area contributed by atoms with Crippen molar-refractivity contribution in [2.24, 2.45) is 0 Å². The Balaban J connectivity index is 2.91. The van der Waals surface area contributed by atoms with E-state index in [1.807, 2.05) is 0 Å². The van der Waals surface area contributed by atoms with Gasteiger partial charge in [0.2, 0.25) is 0 Å². The van der Waals surface area contributed by atoms with E-state index < -0.39 is 35.4 Å². The van der Waals surface area contributed by atoms with Gasteiger partial charge in [0, 0.05) is 5.56 Å². The lowest BCUT2D eigenvalue weighted by atomic mass is 10.0. The topological polar surface area (TPSA) is 66.8 Å². The van der Waals surface area contributed by atoms with Crippen molar-refractivity contribution in [3.05, 3.63) is 35.4 Å². The molecule has 0 saturated carbocycles. The Morgan fingerprint density at radius 2 is 2.06 bits per heavy atom. The number of hydrogen-bond acceptors (Lipinski definition) is 4. The number of ether oxygens (including phenoxy) is 1. The molecule has 6 heteroatoms. The molecular formula is C11H12F2O4. The van der Waals surface area contributed by atoms with Gasteiger partial charge in [0.05, 0.1) is 6.61 Å². The zero-order valence-electron chi connectivity index (χ0n) is 9.06. The second kappa shape index (κ2) is 5.70. The van der Waals surface area contributed by atoms with Crippen molar-refractivity contribution < 1.29 is 28.5 Å². The predicted molar refractivity (Wildman–Crippen MR) is 54.0 cm³/mol. The fourth-order valence-electron chi connectivity index (χ4n) is 1.27. The number of halogens is 2. The van der Waals surface area contributed by atoms with E-state index in [0.29, 0.717) is 6.07 Å². The molecule has 94 valence electrons. The molecule has 0 amide bonds. The van der Waals surface area contributed by atoms with Gasteiger partial charge >= 0.3 is 5.97 Å². The van der Waals surface area contributed by atoms with E-state index >= 15 is 0 Å². The van der Waals surface area contributed by atoms with Crippen LogP contribution in [0.25, 0.3) is 0 Å². The second-order valence-electron chi connectivity index (χ2n) is 3.31. The van der Waals surface area contributed by atoms with Gasteiger partial charge in [-0.05, 0) is 25.1 Å². The zero-order chi connectivity index (χ0) is 13.0. The Labute approximate surface area is 96.5 Å². The van der Waals surface area contributed by atoms with Crippen LogP contribution >= 0.6 is 0 Å². The number of rotatable bonds is 4. The summed E-state index contributed by atoms with van der Waals surface area (Å²) in [5.74, 6) is -2.79. The van der Waals surface area contributed by atoms with Gasteiger partial charge in [-0.15, -0.1) is 0 Å². The van der Waals surface area contributed by atoms with Gasteiger partial charge in [-0.25, -0.2) is 13.6 Å². The maximum Gasteiger partial charge on any atom is 0.338 e. The van der Waals surface area contributed by atoms with Gasteiger partial charge in [-0.1, -0.05) is 0 Å². The summed E-state index contributed by atoms with van der Waals surface area (Å²) in [7, 11) is 0. The van der Waals surface area contributed by atoms with Crippen LogP contribution in [0.1, 0.15) is 18.6 Å². The third kappa shape index (κ3) is 3.21. The molecule has 0 spiro atoms. The number of aliphatic hydroxyl groups is 2. The van der Waals surface area contributed by atoms with Crippen molar-refractivity contribution in [1.82, 2.24) is 0 Å². The molecule has 1 aromatic rings. The lowest BCUT2D eigenvalue weighted by Crippen LogP contribution is -2.30. The summed E-state index contributed by atoms with van der Waals surface area (Å²) in [5.41, 5.74) is -0.495. The monoisotopic (exact) mass is 246 g/mol. The summed E-state index contributed by atoms with van der Waals surface area (Å²) in [5, 5.41) is 18.9. The smallest absolute Gasteiger partial charge is 0.338 e. The van der Waals surface area contributed by atoms with Crippen LogP contribution < -0.4 is 0 Å². The molecule has 0 aliphatic carbocycles. The van der Waals surface area contributed by atoms with Crippen LogP contribution in [0, 0.1) is 11.6 Å². The van der Waals surface area contributed by atoms with Crippen molar-refractivity contribution in [2.75, 3.05) is 6.61 Å². The number of carbonyl (C=O) groups excluding carboxylic acids is 1. The van der Waals surface area contributed by atoms with E-state index in [2.05, 4.69) is 4.74 Å². The molecule has 2 atom stereocenters. The number of carbonyl (C=O) groups is 1. The van der Waals surface area contributed by atoms with Gasteiger partial charge in [-0.2, -0.15) is 0 Å². The molecule has 0 aliphatic heterocycles. The number of benzene rings is 1. The molecule has 0 radical (unpaired) electrons. The van der Waals surface area contributed by atoms with Crippen molar-refractivity contribution in [3.8, 4) is 0 Å². The first-order chi connectivity index (χ1) is 7.97. The molecule has 4 nitrogen and oxygen atoms in total. The number of aliphatic hydroxyl groups excluding tert-OH is 2. The van der Waals surface area contributed by atoms with Crippen LogP contribution in [0.3, 0.4) is 0 Å². The van der Waals surface area contributed by atoms with E-state index in [1.54, 1.807) is 0 Å². The number of hydrogen-bond donors (Lipinski definition) is 2. The Kier molecular flexibility index (Phi) is 4.53. The van der Waals surface area contributed by atoms with E-state index in [1.165, 1.54) is 6.92 Å². The average Bonchev–Trinajstić information content (AvgIpc) is 2.30. The highest BCUT2D eigenvalue weighted by Crippen LogP contribution is 2.22. The molecule has 0 heterocycles. The minimum Gasteiger partial charge on any atom is -0.464 e. The van der Waals surface area contributed by atoms with Gasteiger partial charge < -0.3 is 14.9 Å². The standard InChI is InChI=1S/C11H12F2O4/c1-2-17-11(16)10(15)9(14)7-5-6(12)3-4-8(7)13/h3-5,9-10,14-15H,2H2,1H3. The number of esters is 1. The average molecular weight is 246 g/mol. The van der Waals surface area contributed by atoms with Gasteiger partial charge in [-0.3, -0.25) is 0 Å². The van der Waals surface area contributed by atoms with Crippen LogP contribution in [0.2, 0.25) is 0 Å². The maximum atomic E-state index is 13.2. The van der Waals surface area contributed by atoms with Crippen molar-refractivity contribution >= 4 is 5.97 Å². The molecule has 0 bridgehead atoms. The minimum atomic E-state index is -1.95. The summed E-state index contributed by atoms with van der Waals surface area (Å²) < 4.78 is 30.5. The Morgan fingerprint density at radius 1 is 1.41 bits per heavy atom. The highest BCUT2D eigenvalue weighted by atomic mass is 19.1. The van der Waals surface area contributed by atoms with E-state index in [-0.39, 0.29) is 6.61 Å². The van der Waals surface area contributed by atoms with Crippen LogP contribution in [0.4, 0.5) is 8.78 Å². The fourth-order valence-corrected chi connectivity index (χ4v) is 1.27. The van der Waals surface area contributed by atoms with E-state index in [0.717, 1.165) is 12.1 Å². The quantitative estimate of drug-likeness (QED) is 0.775. The highest BCUT2D eigenvalue weighted by Gasteiger charge is 2.29. The molecule has 0 saturated heterocycles. The molecule has 0 fully saturated rings. The SMILES string of the molecule is CCOC(=O)C(O)C(O)c1cc(F)ccc1F. The molecule has 1 aromatic carbocycles. The molecule has 0 aliphatic rings. The van der Waals surface area contributed by atoms with Crippen molar-refractivity contribution in [1.29, 1.82) is 0 Å². The normalized spacial score (nSPS) is 14.2. The largest absolute Gasteiger partial charge is 0.464 e. The lowest BCUT2D eigenvalue weighted by molar-refractivity contribution is -0.159. The molecule has 2 N–H and O–H groups in total. The first-order valence-electron chi connectivity index (χ1n) is 4.95. The first-order valence-corrected chi connectivity index (χ1v) is 4.95. The summed E-state index contributed by atoms with van der Waals surface area (Å²) in [6.07, 6.45) is -3.82. The van der Waals surface area contributed by atoms with Gasteiger partial charge in [0.15, 0.2) is 6.10 Å². The molecule has 1 rings (SSSR count). The Bertz CT molecular complexity index is 408. The Morgan fingerprint density at radius 3 is 2.65 bits per heavy atom. The maximum absolute atomic E-state index is 13.2. The van der Waals surface area contributed by atoms with Crippen LogP contribution in [0.15, 0.2) is 18.2 Å². The van der Waals surface area contributed by atoms with Crippen molar-refractivity contribution in [3.63, 3.8) is 0 Å².